The molecule has 96 valence electrons. The summed E-state index contributed by atoms with van der Waals surface area (Å²) >= 11 is 1.62. The largest absolute Gasteiger partial charge is 0.496 e. The lowest BCUT2D eigenvalue weighted by Gasteiger charge is -2.14. The van der Waals surface area contributed by atoms with Gasteiger partial charge in [-0.15, -0.1) is 11.3 Å². The minimum absolute atomic E-state index is 0.0202. The molecule has 18 heavy (non-hydrogen) atoms. The predicted molar refractivity (Wildman–Crippen MR) is 75.2 cm³/mol. The predicted octanol–water partition coefficient (Wildman–Crippen LogP) is 3.01. The van der Waals surface area contributed by atoms with Crippen molar-refractivity contribution in [1.29, 1.82) is 0 Å². The number of aromatic nitrogens is 1. The minimum atomic E-state index is -0.0202. The van der Waals surface area contributed by atoms with Crippen LogP contribution in [0.3, 0.4) is 0 Å². The van der Waals surface area contributed by atoms with Crippen LogP contribution in [0.25, 0.3) is 0 Å². The SMILES string of the molecule is COc1ccc(C)cc1CC(N)c1scnc1C. The Balaban J connectivity index is 2.23. The Hall–Kier alpha value is -1.39. The molecule has 1 unspecified atom stereocenters. The van der Waals surface area contributed by atoms with Crippen LogP contribution >= 0.6 is 11.3 Å². The topological polar surface area (TPSA) is 48.1 Å². The van der Waals surface area contributed by atoms with Crippen molar-refractivity contribution in [3.05, 3.63) is 45.4 Å². The van der Waals surface area contributed by atoms with E-state index in [9.17, 15) is 0 Å². The normalized spacial score (nSPS) is 12.4. The van der Waals surface area contributed by atoms with E-state index in [0.29, 0.717) is 0 Å². The Morgan fingerprint density at radius 1 is 1.39 bits per heavy atom. The van der Waals surface area contributed by atoms with Gasteiger partial charge in [0.1, 0.15) is 5.75 Å². The summed E-state index contributed by atoms with van der Waals surface area (Å²) in [4.78, 5) is 5.40. The van der Waals surface area contributed by atoms with Crippen LogP contribution in [-0.4, -0.2) is 12.1 Å². The molecule has 2 N–H and O–H groups in total. The summed E-state index contributed by atoms with van der Waals surface area (Å²) in [5.41, 5.74) is 11.5. The smallest absolute Gasteiger partial charge is 0.122 e. The maximum atomic E-state index is 6.26. The minimum Gasteiger partial charge on any atom is -0.496 e. The Morgan fingerprint density at radius 2 is 2.17 bits per heavy atom. The summed E-state index contributed by atoms with van der Waals surface area (Å²) < 4.78 is 5.38. The molecule has 0 bridgehead atoms. The van der Waals surface area contributed by atoms with E-state index in [4.69, 9.17) is 10.5 Å². The van der Waals surface area contributed by atoms with Gasteiger partial charge in [-0.1, -0.05) is 17.7 Å². The van der Waals surface area contributed by atoms with Crippen molar-refractivity contribution in [2.24, 2.45) is 5.73 Å². The molecule has 3 nitrogen and oxygen atoms in total. The summed E-state index contributed by atoms with van der Waals surface area (Å²) in [7, 11) is 1.69. The molecule has 0 fully saturated rings. The summed E-state index contributed by atoms with van der Waals surface area (Å²) in [5, 5.41) is 0. The van der Waals surface area contributed by atoms with Crippen LogP contribution in [0.1, 0.15) is 27.7 Å². The van der Waals surface area contributed by atoms with Gasteiger partial charge in [-0.3, -0.25) is 0 Å². The number of methoxy groups -OCH3 is 1. The van der Waals surface area contributed by atoms with Gasteiger partial charge in [0, 0.05) is 10.9 Å². The fourth-order valence-electron chi connectivity index (χ4n) is 2.06. The number of thiazole rings is 1. The number of aryl methyl sites for hydroxylation is 2. The molecule has 1 atom stereocenters. The number of rotatable bonds is 4. The number of ether oxygens (including phenoxy) is 1. The molecule has 2 rings (SSSR count). The third-order valence-electron chi connectivity index (χ3n) is 3.00. The van der Waals surface area contributed by atoms with Gasteiger partial charge in [0.2, 0.25) is 0 Å². The molecular weight excluding hydrogens is 244 g/mol. The van der Waals surface area contributed by atoms with Gasteiger partial charge >= 0.3 is 0 Å². The molecule has 0 spiro atoms. The highest BCUT2D eigenvalue weighted by Gasteiger charge is 2.14. The lowest BCUT2D eigenvalue weighted by atomic mass is 10.0. The quantitative estimate of drug-likeness (QED) is 0.921. The summed E-state index contributed by atoms with van der Waals surface area (Å²) in [6.07, 6.45) is 0.772. The van der Waals surface area contributed by atoms with Gasteiger partial charge in [0.15, 0.2) is 0 Å². The van der Waals surface area contributed by atoms with Crippen LogP contribution in [0.5, 0.6) is 5.75 Å². The van der Waals surface area contributed by atoms with Crippen molar-refractivity contribution in [1.82, 2.24) is 4.98 Å². The van der Waals surface area contributed by atoms with E-state index in [2.05, 4.69) is 18.0 Å². The zero-order valence-corrected chi connectivity index (χ0v) is 11.8. The Labute approximate surface area is 112 Å². The van der Waals surface area contributed by atoms with Gasteiger partial charge in [-0.25, -0.2) is 4.98 Å². The zero-order valence-electron chi connectivity index (χ0n) is 10.9. The maximum Gasteiger partial charge on any atom is 0.122 e. The molecule has 1 heterocycles. The fourth-order valence-corrected chi connectivity index (χ4v) is 2.87. The third kappa shape index (κ3) is 2.71. The van der Waals surface area contributed by atoms with Crippen LogP contribution in [-0.2, 0) is 6.42 Å². The maximum absolute atomic E-state index is 6.26. The van der Waals surface area contributed by atoms with Crippen molar-refractivity contribution < 1.29 is 4.74 Å². The Bertz CT molecular complexity index is 536. The molecule has 1 aromatic heterocycles. The van der Waals surface area contributed by atoms with Gasteiger partial charge in [-0.05, 0) is 31.9 Å². The van der Waals surface area contributed by atoms with Crippen LogP contribution < -0.4 is 10.5 Å². The molecule has 0 amide bonds. The first-order valence-corrected chi connectivity index (χ1v) is 6.79. The van der Waals surface area contributed by atoms with Crippen molar-refractivity contribution in [3.63, 3.8) is 0 Å². The highest BCUT2D eigenvalue weighted by molar-refractivity contribution is 7.09. The molecule has 0 saturated heterocycles. The average Bonchev–Trinajstić information content (AvgIpc) is 2.76. The van der Waals surface area contributed by atoms with E-state index in [1.165, 1.54) is 5.56 Å². The van der Waals surface area contributed by atoms with E-state index in [1.54, 1.807) is 18.4 Å². The first-order chi connectivity index (χ1) is 8.61. The molecule has 1 aromatic carbocycles. The average molecular weight is 262 g/mol. The van der Waals surface area contributed by atoms with Crippen LogP contribution in [0.4, 0.5) is 0 Å². The lowest BCUT2D eigenvalue weighted by molar-refractivity contribution is 0.408. The van der Waals surface area contributed by atoms with E-state index in [-0.39, 0.29) is 6.04 Å². The number of nitrogens with two attached hydrogens (primary N) is 1. The van der Waals surface area contributed by atoms with Crippen molar-refractivity contribution in [2.75, 3.05) is 7.11 Å². The molecule has 2 aromatic rings. The summed E-state index contributed by atoms with van der Waals surface area (Å²) in [6, 6.07) is 6.16. The zero-order chi connectivity index (χ0) is 13.1. The number of hydrogen-bond donors (Lipinski definition) is 1. The second-order valence-corrected chi connectivity index (χ2v) is 5.31. The highest BCUT2D eigenvalue weighted by atomic mass is 32.1. The van der Waals surface area contributed by atoms with E-state index < -0.39 is 0 Å². The number of benzene rings is 1. The van der Waals surface area contributed by atoms with Crippen molar-refractivity contribution in [2.45, 2.75) is 26.3 Å². The van der Waals surface area contributed by atoms with Crippen molar-refractivity contribution >= 4 is 11.3 Å². The van der Waals surface area contributed by atoms with Crippen LogP contribution in [0.2, 0.25) is 0 Å². The lowest BCUT2D eigenvalue weighted by Crippen LogP contribution is -2.13. The molecule has 0 aliphatic heterocycles. The molecule has 0 radical (unpaired) electrons. The van der Waals surface area contributed by atoms with E-state index in [0.717, 1.165) is 28.3 Å². The molecule has 4 heteroatoms. The first kappa shape index (κ1) is 13.1. The standard InChI is InChI=1S/C14H18N2OS/c1-9-4-5-13(17-3)11(6-9)7-12(15)14-10(2)16-8-18-14/h4-6,8,12H,7,15H2,1-3H3. The van der Waals surface area contributed by atoms with Crippen LogP contribution in [0, 0.1) is 13.8 Å². The second-order valence-electron chi connectivity index (χ2n) is 4.43. The van der Waals surface area contributed by atoms with Gasteiger partial charge in [0.25, 0.3) is 0 Å². The summed E-state index contributed by atoms with van der Waals surface area (Å²) in [6.45, 7) is 4.07. The Morgan fingerprint density at radius 3 is 2.78 bits per heavy atom. The van der Waals surface area contributed by atoms with Gasteiger partial charge in [-0.2, -0.15) is 0 Å². The number of nitrogens with zero attached hydrogens (tertiary/aromatic N) is 1. The monoisotopic (exact) mass is 262 g/mol. The van der Waals surface area contributed by atoms with E-state index >= 15 is 0 Å². The van der Waals surface area contributed by atoms with Crippen LogP contribution in [0.15, 0.2) is 23.7 Å². The fraction of sp³-hybridized carbons (Fsp3) is 0.357. The van der Waals surface area contributed by atoms with Crippen molar-refractivity contribution in [3.8, 4) is 5.75 Å². The van der Waals surface area contributed by atoms with E-state index in [1.807, 2.05) is 24.6 Å². The van der Waals surface area contributed by atoms with Gasteiger partial charge in [0.05, 0.1) is 18.3 Å². The third-order valence-corrected chi connectivity index (χ3v) is 4.06. The molecule has 0 aliphatic carbocycles. The second kappa shape index (κ2) is 5.50. The molecule has 0 saturated carbocycles. The summed E-state index contributed by atoms with van der Waals surface area (Å²) in [5.74, 6) is 0.901. The number of hydrogen-bond acceptors (Lipinski definition) is 4. The van der Waals surface area contributed by atoms with Gasteiger partial charge < -0.3 is 10.5 Å². The molecular formula is C14H18N2OS. The highest BCUT2D eigenvalue weighted by Crippen LogP contribution is 2.27. The Kier molecular flexibility index (Phi) is 3.99. The molecule has 0 aliphatic rings. The first-order valence-electron chi connectivity index (χ1n) is 5.91.